The fourth-order valence-electron chi connectivity index (χ4n) is 4.82. The molecular formula is C28H30N4O2. The Morgan fingerprint density at radius 2 is 1.76 bits per heavy atom. The van der Waals surface area contributed by atoms with E-state index in [1.807, 2.05) is 61.5 Å². The first-order chi connectivity index (χ1) is 16.6. The highest BCUT2D eigenvalue weighted by atomic mass is 16.5. The summed E-state index contributed by atoms with van der Waals surface area (Å²) in [7, 11) is 1.71. The van der Waals surface area contributed by atoms with Crippen molar-refractivity contribution in [2.75, 3.05) is 20.2 Å². The second-order valence-corrected chi connectivity index (χ2v) is 8.87. The van der Waals surface area contributed by atoms with Crippen LogP contribution in [0, 0.1) is 6.92 Å². The van der Waals surface area contributed by atoms with Gasteiger partial charge in [-0.1, -0.05) is 36.4 Å². The molecule has 2 heterocycles. The molecule has 1 amide bonds. The molecule has 6 nitrogen and oxygen atoms in total. The number of methoxy groups -OCH3 is 1. The topological polar surface area (TPSA) is 59.4 Å². The molecular weight excluding hydrogens is 424 g/mol. The predicted molar refractivity (Wildman–Crippen MR) is 135 cm³/mol. The minimum absolute atomic E-state index is 0.0306. The van der Waals surface area contributed by atoms with Gasteiger partial charge in [-0.05, 0) is 56.2 Å². The average Bonchev–Trinajstić information content (AvgIpc) is 3.21. The molecule has 174 valence electrons. The number of likely N-dealkylation sites (tertiary alicyclic amines) is 1. The molecule has 0 spiro atoms. The standard InChI is InChI=1S/C28H30N4O2/c1-20-29-25-18-21(12-13-26(25)32(20)24-9-4-3-5-10-24)28(33)30-23-14-16-31(17-15-23)19-22-8-6-7-11-27(22)34-2/h3-13,18,23H,14-17,19H2,1-2H3,(H,30,33). The summed E-state index contributed by atoms with van der Waals surface area (Å²) in [6, 6.07) is 24.3. The summed E-state index contributed by atoms with van der Waals surface area (Å²) in [6.45, 7) is 4.75. The van der Waals surface area contributed by atoms with Gasteiger partial charge in [0.25, 0.3) is 5.91 Å². The number of hydrogen-bond donors (Lipinski definition) is 1. The molecule has 1 aromatic heterocycles. The lowest BCUT2D eigenvalue weighted by Gasteiger charge is -2.32. The summed E-state index contributed by atoms with van der Waals surface area (Å²) in [5.41, 5.74) is 4.76. The van der Waals surface area contributed by atoms with Crippen LogP contribution < -0.4 is 10.1 Å². The van der Waals surface area contributed by atoms with Crippen LogP contribution >= 0.6 is 0 Å². The Bertz CT molecular complexity index is 1290. The van der Waals surface area contributed by atoms with Crippen LogP contribution in [-0.2, 0) is 6.54 Å². The molecule has 0 saturated carbocycles. The van der Waals surface area contributed by atoms with E-state index in [0.29, 0.717) is 5.56 Å². The van der Waals surface area contributed by atoms with Crippen molar-refractivity contribution in [1.29, 1.82) is 0 Å². The number of piperidine rings is 1. The zero-order valence-corrected chi connectivity index (χ0v) is 19.7. The van der Waals surface area contributed by atoms with E-state index in [2.05, 4.69) is 33.0 Å². The van der Waals surface area contributed by atoms with Crippen LogP contribution in [0.4, 0.5) is 0 Å². The molecule has 1 aliphatic heterocycles. The third-order valence-corrected chi connectivity index (χ3v) is 6.61. The number of hydrogen-bond acceptors (Lipinski definition) is 4. The minimum Gasteiger partial charge on any atom is -0.496 e. The predicted octanol–water partition coefficient (Wildman–Crippen LogP) is 4.74. The number of aryl methyl sites for hydroxylation is 1. The van der Waals surface area contributed by atoms with Crippen molar-refractivity contribution in [3.63, 3.8) is 0 Å². The highest BCUT2D eigenvalue weighted by Crippen LogP contribution is 2.24. The maximum Gasteiger partial charge on any atom is 0.251 e. The van der Waals surface area contributed by atoms with Crippen LogP contribution in [0.3, 0.4) is 0 Å². The zero-order valence-electron chi connectivity index (χ0n) is 19.7. The van der Waals surface area contributed by atoms with Gasteiger partial charge < -0.3 is 10.1 Å². The molecule has 5 rings (SSSR count). The van der Waals surface area contributed by atoms with Crippen molar-refractivity contribution >= 4 is 16.9 Å². The van der Waals surface area contributed by atoms with Gasteiger partial charge in [-0.3, -0.25) is 14.3 Å². The Hall–Kier alpha value is -3.64. The summed E-state index contributed by atoms with van der Waals surface area (Å²) >= 11 is 0. The Balaban J connectivity index is 1.22. The smallest absolute Gasteiger partial charge is 0.251 e. The van der Waals surface area contributed by atoms with Gasteiger partial charge in [-0.15, -0.1) is 0 Å². The zero-order chi connectivity index (χ0) is 23.5. The number of nitrogens with zero attached hydrogens (tertiary/aromatic N) is 3. The molecule has 1 aliphatic rings. The lowest BCUT2D eigenvalue weighted by Crippen LogP contribution is -2.44. The molecule has 0 atom stereocenters. The molecule has 1 N–H and O–H groups in total. The van der Waals surface area contributed by atoms with Crippen molar-refractivity contribution in [2.45, 2.75) is 32.4 Å². The summed E-state index contributed by atoms with van der Waals surface area (Å²) in [5, 5.41) is 3.24. The summed E-state index contributed by atoms with van der Waals surface area (Å²) in [5.74, 6) is 1.80. The van der Waals surface area contributed by atoms with Gasteiger partial charge in [0, 0.05) is 42.5 Å². The van der Waals surface area contributed by atoms with E-state index in [0.717, 1.165) is 60.8 Å². The monoisotopic (exact) mass is 454 g/mol. The quantitative estimate of drug-likeness (QED) is 0.457. The van der Waals surface area contributed by atoms with Crippen LogP contribution in [0.15, 0.2) is 72.8 Å². The van der Waals surface area contributed by atoms with Gasteiger partial charge in [0.1, 0.15) is 11.6 Å². The van der Waals surface area contributed by atoms with Crippen molar-refractivity contribution < 1.29 is 9.53 Å². The Kier molecular flexibility index (Phi) is 6.32. The van der Waals surface area contributed by atoms with Crippen LogP contribution in [0.2, 0.25) is 0 Å². The minimum atomic E-state index is -0.0306. The molecule has 6 heteroatoms. The first-order valence-corrected chi connectivity index (χ1v) is 11.8. The summed E-state index contributed by atoms with van der Waals surface area (Å²) in [4.78, 5) is 20.1. The Morgan fingerprint density at radius 1 is 1.03 bits per heavy atom. The van der Waals surface area contributed by atoms with Gasteiger partial charge in [0.2, 0.25) is 0 Å². The molecule has 0 unspecified atom stereocenters. The van der Waals surface area contributed by atoms with Crippen molar-refractivity contribution in [3.8, 4) is 11.4 Å². The third kappa shape index (κ3) is 4.54. The first-order valence-electron chi connectivity index (χ1n) is 11.8. The highest BCUT2D eigenvalue weighted by molar-refractivity contribution is 5.97. The average molecular weight is 455 g/mol. The van der Waals surface area contributed by atoms with E-state index in [1.165, 1.54) is 5.56 Å². The maximum absolute atomic E-state index is 13.0. The fourth-order valence-corrected chi connectivity index (χ4v) is 4.82. The molecule has 1 fully saturated rings. The third-order valence-electron chi connectivity index (χ3n) is 6.61. The largest absolute Gasteiger partial charge is 0.496 e. The lowest BCUT2D eigenvalue weighted by atomic mass is 10.0. The van der Waals surface area contributed by atoms with Crippen molar-refractivity contribution in [3.05, 3.63) is 89.7 Å². The van der Waals surface area contributed by atoms with Gasteiger partial charge in [-0.2, -0.15) is 0 Å². The second kappa shape index (κ2) is 9.69. The molecule has 0 bridgehead atoms. The van der Waals surface area contributed by atoms with Crippen LogP contribution in [0.25, 0.3) is 16.7 Å². The second-order valence-electron chi connectivity index (χ2n) is 8.87. The van der Waals surface area contributed by atoms with Gasteiger partial charge >= 0.3 is 0 Å². The number of carbonyl (C=O) groups is 1. The number of aromatic nitrogens is 2. The number of rotatable bonds is 6. The van der Waals surface area contributed by atoms with Gasteiger partial charge in [-0.25, -0.2) is 4.98 Å². The highest BCUT2D eigenvalue weighted by Gasteiger charge is 2.22. The van der Waals surface area contributed by atoms with E-state index in [1.54, 1.807) is 7.11 Å². The van der Waals surface area contributed by atoms with E-state index < -0.39 is 0 Å². The molecule has 0 aliphatic carbocycles. The van der Waals surface area contributed by atoms with Crippen molar-refractivity contribution in [1.82, 2.24) is 19.8 Å². The number of ether oxygens (including phenoxy) is 1. The van der Waals surface area contributed by atoms with Gasteiger partial charge in [0.05, 0.1) is 18.1 Å². The molecule has 34 heavy (non-hydrogen) atoms. The van der Waals surface area contributed by atoms with E-state index in [-0.39, 0.29) is 11.9 Å². The molecule has 3 aromatic carbocycles. The number of amides is 1. The number of para-hydroxylation sites is 2. The maximum atomic E-state index is 13.0. The number of benzene rings is 3. The van der Waals surface area contributed by atoms with Crippen LogP contribution in [-0.4, -0.2) is 46.6 Å². The van der Waals surface area contributed by atoms with E-state index in [4.69, 9.17) is 9.72 Å². The Morgan fingerprint density at radius 3 is 2.53 bits per heavy atom. The molecule has 0 radical (unpaired) electrons. The fraction of sp³-hybridized carbons (Fsp3) is 0.286. The number of carbonyl (C=O) groups excluding carboxylic acids is 1. The molecule has 1 saturated heterocycles. The lowest BCUT2D eigenvalue weighted by molar-refractivity contribution is 0.0909. The van der Waals surface area contributed by atoms with Gasteiger partial charge in [0.15, 0.2) is 0 Å². The summed E-state index contributed by atoms with van der Waals surface area (Å²) < 4.78 is 7.60. The first kappa shape index (κ1) is 22.2. The van der Waals surface area contributed by atoms with Crippen LogP contribution in [0.5, 0.6) is 5.75 Å². The number of nitrogens with one attached hydrogen (secondary N) is 1. The number of fused-ring (bicyclic) bond motifs is 1. The SMILES string of the molecule is COc1ccccc1CN1CCC(NC(=O)c2ccc3c(c2)nc(C)n3-c2ccccc2)CC1. The van der Waals surface area contributed by atoms with Crippen LogP contribution in [0.1, 0.15) is 34.6 Å². The summed E-state index contributed by atoms with van der Waals surface area (Å²) in [6.07, 6.45) is 1.87. The number of imidazole rings is 1. The normalized spacial score (nSPS) is 14.9. The van der Waals surface area contributed by atoms with E-state index in [9.17, 15) is 4.79 Å². The van der Waals surface area contributed by atoms with E-state index >= 15 is 0 Å². The Labute approximate surface area is 200 Å². The van der Waals surface area contributed by atoms with Crippen molar-refractivity contribution in [2.24, 2.45) is 0 Å². The molecule has 4 aromatic rings.